The summed E-state index contributed by atoms with van der Waals surface area (Å²) in [5.74, 6) is -0.897. The Labute approximate surface area is 191 Å². The van der Waals surface area contributed by atoms with Gasteiger partial charge in [-0.25, -0.2) is 4.79 Å². The van der Waals surface area contributed by atoms with E-state index in [9.17, 15) is 19.2 Å². The highest BCUT2D eigenvalue weighted by atomic mass is 16.5. The number of imide groups is 1. The van der Waals surface area contributed by atoms with Gasteiger partial charge in [0.05, 0.1) is 32.0 Å². The second kappa shape index (κ2) is 10.6. The molecule has 2 aromatic rings. The summed E-state index contributed by atoms with van der Waals surface area (Å²) in [7, 11) is 3.03. The number of nitrogens with one attached hydrogen (secondary N) is 1. The molecule has 0 spiro atoms. The van der Waals surface area contributed by atoms with Gasteiger partial charge in [-0.15, -0.1) is 0 Å². The van der Waals surface area contributed by atoms with Crippen molar-refractivity contribution in [2.24, 2.45) is 0 Å². The van der Waals surface area contributed by atoms with E-state index in [1.165, 1.54) is 14.2 Å². The Morgan fingerprint density at radius 1 is 0.970 bits per heavy atom. The van der Waals surface area contributed by atoms with Gasteiger partial charge in [0, 0.05) is 19.4 Å². The van der Waals surface area contributed by atoms with Gasteiger partial charge in [-0.05, 0) is 36.8 Å². The highest BCUT2D eigenvalue weighted by Gasteiger charge is 2.35. The van der Waals surface area contributed by atoms with Gasteiger partial charge in [0.2, 0.25) is 5.91 Å². The van der Waals surface area contributed by atoms with Gasteiger partial charge in [-0.1, -0.05) is 18.2 Å². The monoisotopic (exact) mass is 454 g/mol. The van der Waals surface area contributed by atoms with Crippen molar-refractivity contribution in [3.05, 3.63) is 59.2 Å². The lowest BCUT2D eigenvalue weighted by atomic mass is 10.0. The van der Waals surface area contributed by atoms with E-state index in [0.717, 1.165) is 10.5 Å². The van der Waals surface area contributed by atoms with Crippen LogP contribution in [-0.4, -0.2) is 62.0 Å². The van der Waals surface area contributed by atoms with Gasteiger partial charge in [-0.3, -0.25) is 19.3 Å². The number of fused-ring (bicyclic) bond motifs is 1. The number of esters is 1. The Balaban J connectivity index is 1.66. The highest BCUT2D eigenvalue weighted by Crippen LogP contribution is 2.28. The Morgan fingerprint density at radius 3 is 2.18 bits per heavy atom. The zero-order valence-electron chi connectivity index (χ0n) is 18.8. The van der Waals surface area contributed by atoms with Gasteiger partial charge < -0.3 is 19.5 Å². The lowest BCUT2D eigenvalue weighted by Gasteiger charge is -2.19. The zero-order chi connectivity index (χ0) is 24.0. The third-order valence-corrected chi connectivity index (χ3v) is 5.23. The topological polar surface area (TPSA) is 111 Å². The lowest BCUT2D eigenvalue weighted by molar-refractivity contribution is -0.147. The molecule has 0 aromatic heterocycles. The van der Waals surface area contributed by atoms with Crippen molar-refractivity contribution in [1.29, 1.82) is 0 Å². The van der Waals surface area contributed by atoms with Crippen molar-refractivity contribution < 1.29 is 33.4 Å². The van der Waals surface area contributed by atoms with Crippen molar-refractivity contribution >= 4 is 23.7 Å². The van der Waals surface area contributed by atoms with Crippen molar-refractivity contribution in [2.45, 2.75) is 25.8 Å². The fraction of sp³-hybridized carbons (Fsp3) is 0.333. The first kappa shape index (κ1) is 23.8. The molecule has 33 heavy (non-hydrogen) atoms. The molecule has 1 heterocycles. The smallest absolute Gasteiger partial charge is 0.328 e. The van der Waals surface area contributed by atoms with Crippen LogP contribution in [0.3, 0.4) is 0 Å². The standard InChI is InChI=1S/C24H26N2O7/c1-4-33-24(30)18(13-15-9-10-19(31-2)20(14-15)32-3)25-21(27)11-12-26-22(28)16-7-5-6-8-17(16)23(26)29/h5-10,14,18H,4,11-13H2,1-3H3,(H,25,27). The number of carbonyl (C=O) groups is 4. The van der Waals surface area contributed by atoms with Gasteiger partial charge in [-0.2, -0.15) is 0 Å². The molecule has 1 atom stereocenters. The molecule has 9 nitrogen and oxygen atoms in total. The minimum absolute atomic E-state index is 0.0932. The van der Waals surface area contributed by atoms with Gasteiger partial charge in [0.25, 0.3) is 11.8 Å². The molecule has 3 rings (SSSR count). The number of rotatable bonds is 10. The van der Waals surface area contributed by atoms with Crippen LogP contribution in [0.2, 0.25) is 0 Å². The first-order valence-corrected chi connectivity index (χ1v) is 10.5. The Morgan fingerprint density at radius 2 is 1.61 bits per heavy atom. The first-order valence-electron chi connectivity index (χ1n) is 10.5. The van der Waals surface area contributed by atoms with E-state index in [0.29, 0.717) is 22.6 Å². The van der Waals surface area contributed by atoms with Crippen LogP contribution in [-0.2, 0) is 20.7 Å². The van der Waals surface area contributed by atoms with Crippen molar-refractivity contribution in [1.82, 2.24) is 10.2 Å². The van der Waals surface area contributed by atoms with Crippen molar-refractivity contribution in [2.75, 3.05) is 27.4 Å². The molecule has 9 heteroatoms. The molecule has 174 valence electrons. The number of ether oxygens (including phenoxy) is 3. The molecule has 0 radical (unpaired) electrons. The molecule has 1 N–H and O–H groups in total. The summed E-state index contributed by atoms with van der Waals surface area (Å²) >= 11 is 0. The predicted molar refractivity (Wildman–Crippen MR) is 118 cm³/mol. The number of hydrogen-bond donors (Lipinski definition) is 1. The summed E-state index contributed by atoms with van der Waals surface area (Å²) in [5, 5.41) is 2.66. The van der Waals surface area contributed by atoms with Crippen molar-refractivity contribution in [3.8, 4) is 11.5 Å². The average Bonchev–Trinajstić information content (AvgIpc) is 3.07. The molecule has 1 unspecified atom stereocenters. The minimum Gasteiger partial charge on any atom is -0.493 e. The molecule has 0 fully saturated rings. The molecule has 1 aliphatic rings. The van der Waals surface area contributed by atoms with Crippen LogP contribution in [0.15, 0.2) is 42.5 Å². The fourth-order valence-electron chi connectivity index (χ4n) is 3.60. The largest absolute Gasteiger partial charge is 0.493 e. The third-order valence-electron chi connectivity index (χ3n) is 5.23. The molecular formula is C24H26N2O7. The molecule has 0 saturated carbocycles. The molecule has 2 aromatic carbocycles. The summed E-state index contributed by atoms with van der Waals surface area (Å²) < 4.78 is 15.6. The number of amides is 3. The zero-order valence-corrected chi connectivity index (χ0v) is 18.8. The average molecular weight is 454 g/mol. The Bertz CT molecular complexity index is 1030. The van der Waals surface area contributed by atoms with Crippen LogP contribution in [0.5, 0.6) is 11.5 Å². The first-order chi connectivity index (χ1) is 15.9. The number of methoxy groups -OCH3 is 2. The number of benzene rings is 2. The number of carbonyl (C=O) groups excluding carboxylic acids is 4. The van der Waals surface area contributed by atoms with Gasteiger partial charge >= 0.3 is 5.97 Å². The molecule has 1 aliphatic heterocycles. The van der Waals surface area contributed by atoms with Gasteiger partial charge in [0.15, 0.2) is 11.5 Å². The predicted octanol–water partition coefficient (Wildman–Crippen LogP) is 1.98. The van der Waals surface area contributed by atoms with E-state index in [4.69, 9.17) is 14.2 Å². The van der Waals surface area contributed by atoms with E-state index >= 15 is 0 Å². The number of hydrogen-bond acceptors (Lipinski definition) is 7. The maximum Gasteiger partial charge on any atom is 0.328 e. The number of nitrogens with zero attached hydrogens (tertiary/aromatic N) is 1. The maximum atomic E-state index is 12.6. The molecule has 0 aliphatic carbocycles. The van der Waals surface area contributed by atoms with Crippen LogP contribution in [0.25, 0.3) is 0 Å². The lowest BCUT2D eigenvalue weighted by Crippen LogP contribution is -2.44. The summed E-state index contributed by atoms with van der Waals surface area (Å²) in [6.07, 6.45) is 0.0191. The van der Waals surface area contributed by atoms with Crippen LogP contribution in [0.1, 0.15) is 39.6 Å². The second-order valence-electron chi connectivity index (χ2n) is 7.32. The van der Waals surface area contributed by atoms with Crippen LogP contribution >= 0.6 is 0 Å². The van der Waals surface area contributed by atoms with E-state index in [2.05, 4.69) is 5.32 Å². The minimum atomic E-state index is -0.947. The van der Waals surface area contributed by atoms with Gasteiger partial charge in [0.1, 0.15) is 6.04 Å². The Kier molecular flexibility index (Phi) is 7.66. The summed E-state index contributed by atoms with van der Waals surface area (Å²) in [6.45, 7) is 1.74. The summed E-state index contributed by atoms with van der Waals surface area (Å²) in [4.78, 5) is 51.0. The van der Waals surface area contributed by atoms with Crippen molar-refractivity contribution in [3.63, 3.8) is 0 Å². The van der Waals surface area contributed by atoms with E-state index < -0.39 is 29.7 Å². The van der Waals surface area contributed by atoms with E-state index in [1.807, 2.05) is 0 Å². The Hall–Kier alpha value is -3.88. The molecule has 0 saturated heterocycles. The molecule has 0 bridgehead atoms. The highest BCUT2D eigenvalue weighted by molar-refractivity contribution is 6.21. The normalized spacial score (nSPS) is 13.4. The quantitative estimate of drug-likeness (QED) is 0.432. The maximum absolute atomic E-state index is 12.6. The third kappa shape index (κ3) is 5.31. The fourth-order valence-corrected chi connectivity index (χ4v) is 3.60. The van der Waals surface area contributed by atoms with E-state index in [1.54, 1.807) is 49.4 Å². The summed E-state index contributed by atoms with van der Waals surface area (Å²) in [6, 6.07) is 10.8. The van der Waals surface area contributed by atoms with Crippen LogP contribution in [0, 0.1) is 0 Å². The molecular weight excluding hydrogens is 428 g/mol. The van der Waals surface area contributed by atoms with Crippen LogP contribution in [0.4, 0.5) is 0 Å². The van der Waals surface area contributed by atoms with Crippen LogP contribution < -0.4 is 14.8 Å². The van der Waals surface area contributed by atoms with E-state index in [-0.39, 0.29) is 26.0 Å². The molecule has 3 amide bonds. The summed E-state index contributed by atoms with van der Waals surface area (Å²) in [5.41, 5.74) is 1.37. The second-order valence-corrected chi connectivity index (χ2v) is 7.32. The SMILES string of the molecule is CCOC(=O)C(Cc1ccc(OC)c(OC)c1)NC(=O)CCN1C(=O)c2ccccc2C1=O.